The number of anilines is 2. The summed E-state index contributed by atoms with van der Waals surface area (Å²) in [4.78, 5) is 24.9. The first-order valence-electron chi connectivity index (χ1n) is 8.99. The highest BCUT2D eigenvalue weighted by Crippen LogP contribution is 2.24. The predicted octanol–water partition coefficient (Wildman–Crippen LogP) is 4.91. The fourth-order valence-corrected chi connectivity index (χ4v) is 2.93. The molecule has 0 saturated carbocycles. The van der Waals surface area contributed by atoms with Gasteiger partial charge in [0.05, 0.1) is 6.26 Å². The summed E-state index contributed by atoms with van der Waals surface area (Å²) >= 11 is 0. The minimum atomic E-state index is -0.359. The summed E-state index contributed by atoms with van der Waals surface area (Å²) in [5, 5.41) is 5.77. The second kappa shape index (κ2) is 8.36. The van der Waals surface area contributed by atoms with Gasteiger partial charge >= 0.3 is 0 Å². The molecule has 2 N–H and O–H groups in total. The highest BCUT2D eigenvalue weighted by Gasteiger charge is 2.14. The minimum Gasteiger partial charge on any atom is -0.459 e. The number of nitrogens with one attached hydrogen (secondary N) is 2. The average Bonchev–Trinajstić information content (AvgIpc) is 3.23. The summed E-state index contributed by atoms with van der Waals surface area (Å²) in [6.45, 7) is 4.13. The van der Waals surface area contributed by atoms with Crippen molar-refractivity contribution in [1.82, 2.24) is 0 Å². The Bertz CT molecular complexity index is 924. The van der Waals surface area contributed by atoms with Crippen LogP contribution in [-0.4, -0.2) is 11.8 Å². The Hall–Kier alpha value is -3.34. The Kier molecular flexibility index (Phi) is 5.71. The fourth-order valence-electron chi connectivity index (χ4n) is 2.93. The molecule has 0 spiro atoms. The van der Waals surface area contributed by atoms with Crippen LogP contribution in [0.5, 0.6) is 0 Å². The SMILES string of the molecule is CCc1cccc(CC)c1NC(=O)c1cccc(NC(=O)c2ccco2)c1. The molecular formula is C22H22N2O3. The molecule has 2 amide bonds. The van der Waals surface area contributed by atoms with Crippen LogP contribution in [0.2, 0.25) is 0 Å². The average molecular weight is 362 g/mol. The van der Waals surface area contributed by atoms with Gasteiger partial charge in [-0.25, -0.2) is 0 Å². The highest BCUT2D eigenvalue weighted by atomic mass is 16.3. The van der Waals surface area contributed by atoms with Gasteiger partial charge in [0, 0.05) is 16.9 Å². The van der Waals surface area contributed by atoms with Gasteiger partial charge in [-0.15, -0.1) is 0 Å². The third-order valence-corrected chi connectivity index (χ3v) is 4.36. The van der Waals surface area contributed by atoms with E-state index in [1.165, 1.54) is 6.26 Å². The molecule has 2 aromatic carbocycles. The third kappa shape index (κ3) is 4.26. The van der Waals surface area contributed by atoms with E-state index in [-0.39, 0.29) is 17.6 Å². The second-order valence-electron chi connectivity index (χ2n) is 6.12. The molecule has 5 heteroatoms. The van der Waals surface area contributed by atoms with E-state index in [2.05, 4.69) is 24.5 Å². The maximum absolute atomic E-state index is 12.8. The number of furan rings is 1. The van der Waals surface area contributed by atoms with Crippen LogP contribution >= 0.6 is 0 Å². The van der Waals surface area contributed by atoms with Gasteiger partial charge in [-0.1, -0.05) is 38.1 Å². The van der Waals surface area contributed by atoms with Gasteiger partial charge < -0.3 is 15.1 Å². The predicted molar refractivity (Wildman–Crippen MR) is 106 cm³/mol. The zero-order chi connectivity index (χ0) is 19.2. The van der Waals surface area contributed by atoms with E-state index in [1.807, 2.05) is 18.2 Å². The third-order valence-electron chi connectivity index (χ3n) is 4.36. The van der Waals surface area contributed by atoms with E-state index in [4.69, 9.17) is 4.42 Å². The molecule has 27 heavy (non-hydrogen) atoms. The van der Waals surface area contributed by atoms with Crippen LogP contribution in [-0.2, 0) is 12.8 Å². The number of para-hydroxylation sites is 1. The van der Waals surface area contributed by atoms with Gasteiger partial charge in [0.1, 0.15) is 0 Å². The number of benzene rings is 2. The van der Waals surface area contributed by atoms with Crippen LogP contribution in [0.25, 0.3) is 0 Å². The lowest BCUT2D eigenvalue weighted by Gasteiger charge is -2.15. The van der Waals surface area contributed by atoms with E-state index < -0.39 is 0 Å². The van der Waals surface area contributed by atoms with Crippen molar-refractivity contribution in [3.63, 3.8) is 0 Å². The van der Waals surface area contributed by atoms with Crippen LogP contribution in [0.3, 0.4) is 0 Å². The molecule has 0 bridgehead atoms. The first-order chi connectivity index (χ1) is 13.1. The lowest BCUT2D eigenvalue weighted by Crippen LogP contribution is -2.16. The molecule has 0 aliphatic carbocycles. The number of hydrogen-bond acceptors (Lipinski definition) is 3. The lowest BCUT2D eigenvalue weighted by atomic mass is 10.0. The Morgan fingerprint density at radius 2 is 1.56 bits per heavy atom. The van der Waals surface area contributed by atoms with Crippen molar-refractivity contribution in [3.05, 3.63) is 83.3 Å². The molecule has 0 radical (unpaired) electrons. The van der Waals surface area contributed by atoms with Gasteiger partial charge in [-0.3, -0.25) is 9.59 Å². The van der Waals surface area contributed by atoms with Crippen molar-refractivity contribution in [2.75, 3.05) is 10.6 Å². The Labute approximate surface area is 158 Å². The summed E-state index contributed by atoms with van der Waals surface area (Å²) in [5.41, 5.74) is 4.08. The molecule has 0 atom stereocenters. The summed E-state index contributed by atoms with van der Waals surface area (Å²) in [7, 11) is 0. The van der Waals surface area contributed by atoms with Gasteiger partial charge in [-0.05, 0) is 54.3 Å². The van der Waals surface area contributed by atoms with E-state index in [1.54, 1.807) is 36.4 Å². The van der Waals surface area contributed by atoms with Crippen LogP contribution in [0.15, 0.2) is 65.3 Å². The van der Waals surface area contributed by atoms with E-state index in [9.17, 15) is 9.59 Å². The quantitative estimate of drug-likeness (QED) is 0.654. The molecule has 3 aromatic rings. The molecule has 138 valence electrons. The van der Waals surface area contributed by atoms with Crippen LogP contribution in [0.4, 0.5) is 11.4 Å². The normalized spacial score (nSPS) is 10.4. The van der Waals surface area contributed by atoms with Gasteiger partial charge in [0.25, 0.3) is 11.8 Å². The molecule has 1 heterocycles. The second-order valence-corrected chi connectivity index (χ2v) is 6.12. The molecular weight excluding hydrogens is 340 g/mol. The van der Waals surface area contributed by atoms with Crippen LogP contribution < -0.4 is 10.6 Å². The Balaban J connectivity index is 1.79. The van der Waals surface area contributed by atoms with Gasteiger partial charge in [0.15, 0.2) is 5.76 Å². The zero-order valence-corrected chi connectivity index (χ0v) is 15.4. The first kappa shape index (κ1) is 18.5. The standard InChI is InChI=1S/C22H22N2O3/c1-3-15-8-5-9-16(4-2)20(15)24-21(25)17-10-6-11-18(14-17)23-22(26)19-12-7-13-27-19/h5-14H,3-4H2,1-2H3,(H,23,26)(H,24,25). The number of aryl methyl sites for hydroxylation is 2. The minimum absolute atomic E-state index is 0.209. The number of carbonyl (C=O) groups is 2. The Morgan fingerprint density at radius 1 is 0.852 bits per heavy atom. The number of carbonyl (C=O) groups excluding carboxylic acids is 2. The topological polar surface area (TPSA) is 71.3 Å². The molecule has 0 aliphatic rings. The summed E-state index contributed by atoms with van der Waals surface area (Å²) in [6.07, 6.45) is 3.11. The maximum Gasteiger partial charge on any atom is 0.291 e. The number of hydrogen-bond donors (Lipinski definition) is 2. The smallest absolute Gasteiger partial charge is 0.291 e. The maximum atomic E-state index is 12.8. The van der Waals surface area contributed by atoms with Crippen molar-refractivity contribution in [2.45, 2.75) is 26.7 Å². The lowest BCUT2D eigenvalue weighted by molar-refractivity contribution is 0.0993. The van der Waals surface area contributed by atoms with Crippen molar-refractivity contribution < 1.29 is 14.0 Å². The summed E-state index contributed by atoms with van der Waals surface area (Å²) in [6, 6.07) is 16.1. The van der Waals surface area contributed by atoms with Crippen LogP contribution in [0, 0.1) is 0 Å². The Morgan fingerprint density at radius 3 is 2.19 bits per heavy atom. The highest BCUT2D eigenvalue weighted by molar-refractivity contribution is 6.07. The van der Waals surface area contributed by atoms with Gasteiger partial charge in [-0.2, -0.15) is 0 Å². The van der Waals surface area contributed by atoms with E-state index in [0.717, 1.165) is 29.7 Å². The molecule has 5 nitrogen and oxygen atoms in total. The molecule has 0 fully saturated rings. The van der Waals surface area contributed by atoms with Crippen molar-refractivity contribution in [1.29, 1.82) is 0 Å². The van der Waals surface area contributed by atoms with Gasteiger partial charge in [0.2, 0.25) is 0 Å². The molecule has 0 aliphatic heterocycles. The molecule has 0 saturated heterocycles. The largest absolute Gasteiger partial charge is 0.459 e. The number of rotatable bonds is 6. The summed E-state index contributed by atoms with van der Waals surface area (Å²) in [5.74, 6) is -0.351. The van der Waals surface area contributed by atoms with Crippen molar-refractivity contribution in [2.24, 2.45) is 0 Å². The summed E-state index contributed by atoms with van der Waals surface area (Å²) < 4.78 is 5.08. The van der Waals surface area contributed by atoms with Crippen molar-refractivity contribution >= 4 is 23.2 Å². The van der Waals surface area contributed by atoms with Crippen molar-refractivity contribution in [3.8, 4) is 0 Å². The zero-order valence-electron chi connectivity index (χ0n) is 15.4. The fraction of sp³-hybridized carbons (Fsp3) is 0.182. The monoisotopic (exact) mass is 362 g/mol. The van der Waals surface area contributed by atoms with Crippen LogP contribution in [0.1, 0.15) is 45.9 Å². The van der Waals surface area contributed by atoms with E-state index >= 15 is 0 Å². The van der Waals surface area contributed by atoms with E-state index in [0.29, 0.717) is 11.3 Å². The first-order valence-corrected chi connectivity index (χ1v) is 8.99. The molecule has 3 rings (SSSR count). The molecule has 1 aromatic heterocycles. The number of amides is 2. The molecule has 0 unspecified atom stereocenters.